The van der Waals surface area contributed by atoms with Crippen molar-refractivity contribution in [1.29, 1.82) is 0 Å². The molecule has 0 aliphatic heterocycles. The number of aliphatic hydroxyl groups is 2. The van der Waals surface area contributed by atoms with Crippen molar-refractivity contribution in [3.05, 3.63) is 29.6 Å². The summed E-state index contributed by atoms with van der Waals surface area (Å²) < 4.78 is 38.7. The van der Waals surface area contributed by atoms with Gasteiger partial charge in [0.25, 0.3) is 6.43 Å². The Morgan fingerprint density at radius 3 is 2.50 bits per heavy atom. The van der Waals surface area contributed by atoms with E-state index in [1.54, 1.807) is 0 Å². The van der Waals surface area contributed by atoms with Crippen LogP contribution in [0.25, 0.3) is 0 Å². The summed E-state index contributed by atoms with van der Waals surface area (Å²) in [6.45, 7) is 0.240. The third-order valence-electron chi connectivity index (χ3n) is 2.51. The summed E-state index contributed by atoms with van der Waals surface area (Å²) in [4.78, 5) is 1.04. The van der Waals surface area contributed by atoms with Crippen LogP contribution in [0.4, 0.5) is 18.9 Å². The van der Waals surface area contributed by atoms with Gasteiger partial charge in [-0.05, 0) is 13.0 Å². The average Bonchev–Trinajstić information content (AvgIpc) is 2.27. The maximum atomic E-state index is 13.8. The lowest BCUT2D eigenvalue weighted by atomic mass is 10.1. The van der Waals surface area contributed by atoms with Gasteiger partial charge in [0.15, 0.2) is 0 Å². The number of alkyl halides is 2. The number of anilines is 1. The lowest BCUT2D eigenvalue weighted by Crippen LogP contribution is -2.33. The van der Waals surface area contributed by atoms with Crippen molar-refractivity contribution in [3.8, 4) is 0 Å². The maximum absolute atomic E-state index is 13.8. The van der Waals surface area contributed by atoms with Crippen LogP contribution in [0.5, 0.6) is 0 Å². The van der Waals surface area contributed by atoms with Crippen molar-refractivity contribution >= 4 is 5.69 Å². The lowest BCUT2D eigenvalue weighted by Gasteiger charge is -2.27. The number of hydrogen-bond donors (Lipinski definition) is 2. The predicted octanol–water partition coefficient (Wildman–Crippen LogP) is 1.94. The first-order valence-electron chi connectivity index (χ1n) is 5.57. The first-order chi connectivity index (χ1) is 8.47. The summed E-state index contributed by atoms with van der Waals surface area (Å²) in [6.07, 6.45) is -3.63. The molecule has 0 amide bonds. The van der Waals surface area contributed by atoms with Crippen LogP contribution in [-0.4, -0.2) is 36.3 Å². The molecule has 0 aromatic heterocycles. The van der Waals surface area contributed by atoms with Crippen molar-refractivity contribution in [3.63, 3.8) is 0 Å². The lowest BCUT2D eigenvalue weighted by molar-refractivity contribution is 0.151. The van der Waals surface area contributed by atoms with Crippen molar-refractivity contribution in [2.45, 2.75) is 19.5 Å². The highest BCUT2D eigenvalue weighted by molar-refractivity contribution is 5.56. The summed E-state index contributed by atoms with van der Waals surface area (Å²) >= 11 is 0. The molecule has 1 atom stereocenters. The minimum absolute atomic E-state index is 0.0816. The molecule has 0 radical (unpaired) electrons. The van der Waals surface area contributed by atoms with Gasteiger partial charge in [-0.15, -0.1) is 0 Å². The summed E-state index contributed by atoms with van der Waals surface area (Å²) in [5.74, 6) is -0.692. The van der Waals surface area contributed by atoms with Gasteiger partial charge in [-0.2, -0.15) is 0 Å². The Morgan fingerprint density at radius 2 is 2.00 bits per heavy atom. The fourth-order valence-corrected chi connectivity index (χ4v) is 1.78. The molecule has 1 rings (SSSR count). The molecule has 2 N–H and O–H groups in total. The fourth-order valence-electron chi connectivity index (χ4n) is 1.78. The van der Waals surface area contributed by atoms with Gasteiger partial charge in [0.2, 0.25) is 0 Å². The second-order valence-electron chi connectivity index (χ2n) is 3.91. The quantitative estimate of drug-likeness (QED) is 0.824. The van der Waals surface area contributed by atoms with Gasteiger partial charge < -0.3 is 15.1 Å². The van der Waals surface area contributed by atoms with E-state index < -0.39 is 24.9 Å². The second-order valence-corrected chi connectivity index (χ2v) is 3.91. The summed E-state index contributed by atoms with van der Waals surface area (Å²) in [5.41, 5.74) is 0.144. The molecule has 0 bridgehead atoms. The van der Waals surface area contributed by atoms with E-state index >= 15 is 0 Å². The van der Waals surface area contributed by atoms with Gasteiger partial charge >= 0.3 is 0 Å². The van der Waals surface area contributed by atoms with Crippen LogP contribution in [0.3, 0.4) is 0 Å². The van der Waals surface area contributed by atoms with E-state index in [4.69, 9.17) is 5.11 Å². The Labute approximate surface area is 103 Å². The highest BCUT2D eigenvalue weighted by Gasteiger charge is 2.21. The number of rotatable bonds is 6. The summed E-state index contributed by atoms with van der Waals surface area (Å²) in [6, 6.07) is 4.01. The molecule has 3 nitrogen and oxygen atoms in total. The molecule has 0 heterocycles. The predicted molar refractivity (Wildman–Crippen MR) is 62.3 cm³/mol. The van der Waals surface area contributed by atoms with Crippen LogP contribution in [0.15, 0.2) is 18.2 Å². The van der Waals surface area contributed by atoms with E-state index in [9.17, 15) is 18.3 Å². The van der Waals surface area contributed by atoms with Crippen LogP contribution in [0, 0.1) is 5.82 Å². The van der Waals surface area contributed by atoms with E-state index in [1.165, 1.54) is 19.1 Å². The number of aliphatic hydroxyl groups excluding tert-OH is 2. The van der Waals surface area contributed by atoms with Crippen LogP contribution < -0.4 is 4.90 Å². The Hall–Kier alpha value is -1.27. The molecule has 0 spiro atoms. The molecule has 6 heteroatoms. The second kappa shape index (κ2) is 6.61. The van der Waals surface area contributed by atoms with Crippen molar-refractivity contribution < 1.29 is 23.4 Å². The van der Waals surface area contributed by atoms with Crippen molar-refractivity contribution in [2.75, 3.05) is 24.6 Å². The monoisotopic (exact) mass is 263 g/mol. The first-order valence-corrected chi connectivity index (χ1v) is 5.57. The fraction of sp³-hybridized carbons (Fsp3) is 0.500. The highest BCUT2D eigenvalue weighted by Crippen LogP contribution is 2.29. The minimum Gasteiger partial charge on any atom is -0.395 e. The third kappa shape index (κ3) is 3.61. The molecule has 0 aliphatic rings. The molecular weight excluding hydrogens is 247 g/mol. The van der Waals surface area contributed by atoms with E-state index in [2.05, 4.69) is 0 Å². The molecule has 1 aromatic carbocycles. The van der Waals surface area contributed by atoms with Crippen molar-refractivity contribution in [2.24, 2.45) is 0 Å². The molecule has 1 aromatic rings. The Kier molecular flexibility index (Phi) is 5.43. The van der Waals surface area contributed by atoms with Crippen molar-refractivity contribution in [1.82, 2.24) is 0 Å². The van der Waals surface area contributed by atoms with Gasteiger partial charge in [-0.3, -0.25) is 0 Å². The van der Waals surface area contributed by atoms with Crippen LogP contribution in [0.1, 0.15) is 18.6 Å². The van der Waals surface area contributed by atoms with Crippen LogP contribution >= 0.6 is 0 Å². The van der Waals surface area contributed by atoms with Gasteiger partial charge in [-0.25, -0.2) is 13.2 Å². The molecule has 102 valence electrons. The molecule has 0 fully saturated rings. The van der Waals surface area contributed by atoms with E-state index in [-0.39, 0.29) is 24.4 Å². The topological polar surface area (TPSA) is 43.7 Å². The van der Waals surface area contributed by atoms with Crippen LogP contribution in [0.2, 0.25) is 0 Å². The molecule has 0 aliphatic carbocycles. The summed E-state index contributed by atoms with van der Waals surface area (Å²) in [5, 5.41) is 18.4. The molecule has 18 heavy (non-hydrogen) atoms. The number of hydrogen-bond acceptors (Lipinski definition) is 3. The largest absolute Gasteiger partial charge is 0.395 e. The number of halogens is 3. The number of para-hydroxylation sites is 1. The van der Waals surface area contributed by atoms with E-state index in [0.717, 1.165) is 11.0 Å². The van der Waals surface area contributed by atoms with E-state index in [1.807, 2.05) is 0 Å². The first kappa shape index (κ1) is 14.8. The highest BCUT2D eigenvalue weighted by atomic mass is 19.3. The number of nitrogens with zero attached hydrogens (tertiary/aromatic N) is 1. The smallest absolute Gasteiger partial charge is 0.255 e. The molecular formula is C12H16F3NO2. The van der Waals surface area contributed by atoms with Gasteiger partial charge in [0, 0.05) is 12.1 Å². The summed E-state index contributed by atoms with van der Waals surface area (Å²) in [7, 11) is 0. The Morgan fingerprint density at radius 1 is 1.33 bits per heavy atom. The maximum Gasteiger partial charge on any atom is 0.255 e. The Balaban J connectivity index is 3.16. The zero-order valence-corrected chi connectivity index (χ0v) is 9.98. The van der Waals surface area contributed by atoms with Gasteiger partial charge in [-0.1, -0.05) is 12.1 Å². The molecule has 0 saturated carbocycles. The Bertz CT molecular complexity index is 386. The zero-order valence-electron chi connectivity index (χ0n) is 9.98. The molecule has 0 saturated heterocycles. The third-order valence-corrected chi connectivity index (χ3v) is 2.51. The van der Waals surface area contributed by atoms with Gasteiger partial charge in [0.1, 0.15) is 5.82 Å². The van der Waals surface area contributed by atoms with Gasteiger partial charge in [0.05, 0.1) is 24.9 Å². The normalized spacial score (nSPS) is 12.8. The van der Waals surface area contributed by atoms with E-state index in [0.29, 0.717) is 0 Å². The zero-order chi connectivity index (χ0) is 13.7. The molecule has 1 unspecified atom stereocenters. The SMILES string of the molecule is CC(O)c1cccc(F)c1N(CCO)CC(F)F. The standard InChI is InChI=1S/C12H16F3NO2/c1-8(18)9-3-2-4-10(13)12(9)16(5-6-17)7-11(14)15/h2-4,8,11,17-18H,5-7H2,1H3. The number of benzene rings is 1. The minimum atomic E-state index is -2.65. The van der Waals surface area contributed by atoms with Crippen LogP contribution in [-0.2, 0) is 0 Å². The average molecular weight is 263 g/mol.